The number of ether oxygens (including phenoxy) is 1. The van der Waals surface area contributed by atoms with Crippen LogP contribution in [0.2, 0.25) is 0 Å². The van der Waals surface area contributed by atoms with Crippen LogP contribution in [0.25, 0.3) is 0 Å². The fourth-order valence-electron chi connectivity index (χ4n) is 1.65. The second-order valence-electron chi connectivity index (χ2n) is 4.08. The topological polar surface area (TPSA) is 76.2 Å². The van der Waals surface area contributed by atoms with Crippen LogP contribution in [-0.2, 0) is 0 Å². The summed E-state index contributed by atoms with van der Waals surface area (Å²) in [5.41, 5.74) is 0.940. The molecule has 2 aromatic carbocycles. The van der Waals surface area contributed by atoms with Crippen LogP contribution in [0.4, 0.5) is 5.69 Å². The molecular weight excluding hydrogens is 324 g/mol. The number of hydrogen-bond acceptors (Lipinski definition) is 4. The summed E-state index contributed by atoms with van der Waals surface area (Å²) < 4.78 is 6.26. The lowest BCUT2D eigenvalue weighted by molar-refractivity contribution is -0.385. The standard InChI is InChI=1S/C14H9BrN2O3/c1-9-2-5-13(12(6-9)17(18)19)20-14-7-11(15)4-3-10(14)8-16/h2-7H,1H3. The van der Waals surface area contributed by atoms with Crippen molar-refractivity contribution in [2.45, 2.75) is 6.92 Å². The van der Waals surface area contributed by atoms with E-state index in [1.54, 1.807) is 31.2 Å². The Labute approximate surface area is 123 Å². The van der Waals surface area contributed by atoms with Crippen molar-refractivity contribution in [2.75, 3.05) is 0 Å². The molecule has 20 heavy (non-hydrogen) atoms. The van der Waals surface area contributed by atoms with Crippen molar-refractivity contribution in [1.82, 2.24) is 0 Å². The first-order chi connectivity index (χ1) is 9.51. The first kappa shape index (κ1) is 14.0. The maximum atomic E-state index is 11.0. The van der Waals surface area contributed by atoms with E-state index in [9.17, 15) is 10.1 Å². The summed E-state index contributed by atoms with van der Waals surface area (Å²) in [5, 5.41) is 20.1. The summed E-state index contributed by atoms with van der Waals surface area (Å²) in [6, 6.07) is 11.5. The van der Waals surface area contributed by atoms with Gasteiger partial charge in [-0.25, -0.2) is 0 Å². The van der Waals surface area contributed by atoms with Crippen LogP contribution in [0.1, 0.15) is 11.1 Å². The summed E-state index contributed by atoms with van der Waals surface area (Å²) in [7, 11) is 0. The molecule has 2 rings (SSSR count). The molecule has 0 atom stereocenters. The molecule has 0 saturated heterocycles. The number of nitro benzene ring substituents is 1. The van der Waals surface area contributed by atoms with Crippen molar-refractivity contribution in [3.63, 3.8) is 0 Å². The summed E-state index contributed by atoms with van der Waals surface area (Å²) in [6.45, 7) is 1.76. The van der Waals surface area contributed by atoms with Crippen molar-refractivity contribution < 1.29 is 9.66 Å². The van der Waals surface area contributed by atoms with E-state index in [1.165, 1.54) is 12.1 Å². The molecule has 6 heteroatoms. The number of aryl methyl sites for hydroxylation is 1. The van der Waals surface area contributed by atoms with Gasteiger partial charge in [0.2, 0.25) is 5.75 Å². The van der Waals surface area contributed by atoms with Gasteiger partial charge in [0.05, 0.1) is 10.5 Å². The molecule has 0 bridgehead atoms. The first-order valence-corrected chi connectivity index (χ1v) is 6.43. The predicted molar refractivity (Wildman–Crippen MR) is 76.8 cm³/mol. The lowest BCUT2D eigenvalue weighted by Gasteiger charge is -2.08. The van der Waals surface area contributed by atoms with Crippen LogP contribution in [0.3, 0.4) is 0 Å². The van der Waals surface area contributed by atoms with Crippen LogP contribution in [0.15, 0.2) is 40.9 Å². The Hall–Kier alpha value is -2.39. The van der Waals surface area contributed by atoms with Gasteiger partial charge in [-0.15, -0.1) is 0 Å². The highest BCUT2D eigenvalue weighted by atomic mass is 79.9. The van der Waals surface area contributed by atoms with Crippen LogP contribution in [0, 0.1) is 28.4 Å². The third kappa shape index (κ3) is 2.95. The summed E-state index contributed by atoms with van der Waals surface area (Å²) >= 11 is 3.27. The first-order valence-electron chi connectivity index (χ1n) is 5.64. The van der Waals surface area contributed by atoms with Gasteiger partial charge in [0, 0.05) is 10.5 Å². The fraction of sp³-hybridized carbons (Fsp3) is 0.0714. The van der Waals surface area contributed by atoms with Gasteiger partial charge in [-0.05, 0) is 36.8 Å². The number of halogens is 1. The molecule has 0 aliphatic rings. The van der Waals surface area contributed by atoms with E-state index in [0.717, 1.165) is 10.0 Å². The summed E-state index contributed by atoms with van der Waals surface area (Å²) in [6.07, 6.45) is 0. The van der Waals surface area contributed by atoms with Gasteiger partial charge in [0.15, 0.2) is 0 Å². The van der Waals surface area contributed by atoms with E-state index in [2.05, 4.69) is 15.9 Å². The highest BCUT2D eigenvalue weighted by Gasteiger charge is 2.17. The average molecular weight is 333 g/mol. The molecule has 100 valence electrons. The number of nitriles is 1. The maximum absolute atomic E-state index is 11.0. The SMILES string of the molecule is Cc1ccc(Oc2cc(Br)ccc2C#N)c([N+](=O)[O-])c1. The smallest absolute Gasteiger partial charge is 0.311 e. The second-order valence-corrected chi connectivity index (χ2v) is 5.00. The van der Waals surface area contributed by atoms with Gasteiger partial charge >= 0.3 is 5.69 Å². The van der Waals surface area contributed by atoms with E-state index in [1.807, 2.05) is 6.07 Å². The molecule has 0 aromatic heterocycles. The third-order valence-electron chi connectivity index (χ3n) is 2.60. The van der Waals surface area contributed by atoms with Crippen LogP contribution in [0.5, 0.6) is 11.5 Å². The Morgan fingerprint density at radius 3 is 2.65 bits per heavy atom. The molecule has 0 fully saturated rings. The Morgan fingerprint density at radius 2 is 2.00 bits per heavy atom. The van der Waals surface area contributed by atoms with Crippen LogP contribution in [-0.4, -0.2) is 4.92 Å². The molecule has 5 nitrogen and oxygen atoms in total. The molecule has 0 unspecified atom stereocenters. The average Bonchev–Trinajstić information content (AvgIpc) is 2.41. The minimum atomic E-state index is -0.508. The van der Waals surface area contributed by atoms with E-state index in [4.69, 9.17) is 10.00 Å². The number of rotatable bonds is 3. The van der Waals surface area contributed by atoms with Gasteiger partial charge in [0.25, 0.3) is 0 Å². The second kappa shape index (κ2) is 5.72. The highest BCUT2D eigenvalue weighted by molar-refractivity contribution is 9.10. The molecular formula is C14H9BrN2O3. The zero-order valence-corrected chi connectivity index (χ0v) is 12.0. The predicted octanol–water partition coefficient (Wildman–Crippen LogP) is 4.33. The molecule has 0 amide bonds. The zero-order valence-electron chi connectivity index (χ0n) is 10.5. The van der Waals surface area contributed by atoms with E-state index >= 15 is 0 Å². The van der Waals surface area contributed by atoms with Gasteiger partial charge in [0.1, 0.15) is 11.8 Å². The minimum absolute atomic E-state index is 0.107. The van der Waals surface area contributed by atoms with Crippen molar-refractivity contribution in [3.05, 3.63) is 62.1 Å². The lowest BCUT2D eigenvalue weighted by atomic mass is 10.2. The van der Waals surface area contributed by atoms with Crippen LogP contribution < -0.4 is 4.74 Å². The zero-order chi connectivity index (χ0) is 14.7. The van der Waals surface area contributed by atoms with Gasteiger partial charge in [-0.3, -0.25) is 10.1 Å². The maximum Gasteiger partial charge on any atom is 0.311 e. The monoisotopic (exact) mass is 332 g/mol. The fourth-order valence-corrected chi connectivity index (χ4v) is 1.99. The van der Waals surface area contributed by atoms with E-state index < -0.39 is 4.92 Å². The molecule has 0 saturated carbocycles. The van der Waals surface area contributed by atoms with Crippen LogP contribution >= 0.6 is 15.9 Å². The summed E-state index contributed by atoms with van der Waals surface area (Å²) in [4.78, 5) is 10.5. The minimum Gasteiger partial charge on any atom is -0.449 e. The Kier molecular flexibility index (Phi) is 4.01. The number of hydrogen-bond donors (Lipinski definition) is 0. The number of nitro groups is 1. The molecule has 0 aliphatic carbocycles. The Morgan fingerprint density at radius 1 is 1.25 bits per heavy atom. The van der Waals surface area contributed by atoms with Gasteiger partial charge in [-0.2, -0.15) is 5.26 Å². The van der Waals surface area contributed by atoms with Crippen molar-refractivity contribution in [2.24, 2.45) is 0 Å². The molecule has 0 radical (unpaired) electrons. The van der Waals surface area contributed by atoms with Crippen molar-refractivity contribution >= 4 is 21.6 Å². The quantitative estimate of drug-likeness (QED) is 0.619. The summed E-state index contributed by atoms with van der Waals surface area (Å²) in [5.74, 6) is 0.379. The van der Waals surface area contributed by atoms with Crippen molar-refractivity contribution in [1.29, 1.82) is 5.26 Å². The largest absolute Gasteiger partial charge is 0.449 e. The van der Waals surface area contributed by atoms with Gasteiger partial charge in [-0.1, -0.05) is 22.0 Å². The molecule has 2 aromatic rings. The Bertz CT molecular complexity index is 723. The van der Waals surface area contributed by atoms with Crippen molar-refractivity contribution in [3.8, 4) is 17.6 Å². The van der Waals surface area contributed by atoms with Gasteiger partial charge < -0.3 is 4.74 Å². The molecule has 0 N–H and O–H groups in total. The third-order valence-corrected chi connectivity index (χ3v) is 3.09. The molecule has 0 heterocycles. The number of nitrogens with zero attached hydrogens (tertiary/aromatic N) is 2. The Balaban J connectivity index is 2.48. The lowest BCUT2D eigenvalue weighted by Crippen LogP contribution is -1.95. The normalized spacial score (nSPS) is 9.85. The molecule has 0 spiro atoms. The van der Waals surface area contributed by atoms with E-state index in [0.29, 0.717) is 5.56 Å². The highest BCUT2D eigenvalue weighted by Crippen LogP contribution is 2.34. The molecule has 0 aliphatic heterocycles. The van der Waals surface area contributed by atoms with E-state index in [-0.39, 0.29) is 17.2 Å². The number of benzene rings is 2.